The van der Waals surface area contributed by atoms with Crippen LogP contribution in [-0.2, 0) is 9.53 Å². The second kappa shape index (κ2) is 8.32. The number of anilines is 1. The quantitative estimate of drug-likeness (QED) is 0.360. The molecule has 0 saturated heterocycles. The molecule has 0 atom stereocenters. The molecule has 0 bridgehead atoms. The van der Waals surface area contributed by atoms with Gasteiger partial charge in [-0.15, -0.1) is 0 Å². The predicted octanol–water partition coefficient (Wildman–Crippen LogP) is 2.47. The third-order valence-corrected chi connectivity index (χ3v) is 2.65. The number of ether oxygens (including phenoxy) is 1. The second-order valence-electron chi connectivity index (χ2n) is 4.05. The minimum Gasteiger partial charge on any atom is -0.505 e. The fourth-order valence-electron chi connectivity index (χ4n) is 1.61. The van der Waals surface area contributed by atoms with Crippen molar-refractivity contribution < 1.29 is 19.4 Å². The Bertz CT molecular complexity index is 561. The summed E-state index contributed by atoms with van der Waals surface area (Å²) in [4.78, 5) is 26.6. The number of benzene rings is 1. The van der Waals surface area contributed by atoms with Gasteiger partial charge < -0.3 is 14.7 Å². The number of diazo groups is 1. The Hall–Kier alpha value is -2.88. The van der Waals surface area contributed by atoms with Crippen molar-refractivity contribution in [1.29, 1.82) is 5.39 Å². The third-order valence-electron chi connectivity index (χ3n) is 2.65. The van der Waals surface area contributed by atoms with Crippen molar-refractivity contribution in [2.75, 3.05) is 18.1 Å². The van der Waals surface area contributed by atoms with Gasteiger partial charge in [0.1, 0.15) is 0 Å². The maximum absolute atomic E-state index is 11.5. The molecular weight excluding hydrogens is 274 g/mol. The third kappa shape index (κ3) is 4.95. The molecule has 0 aromatic heterocycles. The zero-order chi connectivity index (χ0) is 15.7. The first kappa shape index (κ1) is 16.2. The molecule has 0 aliphatic carbocycles. The number of hydrogen-bond acceptors (Lipinski definition) is 5. The molecule has 0 spiro atoms. The highest BCUT2D eigenvalue weighted by molar-refractivity contribution is 5.90. The van der Waals surface area contributed by atoms with Gasteiger partial charge in [0.05, 0.1) is 12.2 Å². The Morgan fingerprint density at radius 3 is 2.62 bits per heavy atom. The van der Waals surface area contributed by atoms with Gasteiger partial charge in [-0.3, -0.25) is 4.79 Å². The van der Waals surface area contributed by atoms with Crippen LogP contribution in [-0.4, -0.2) is 30.6 Å². The van der Waals surface area contributed by atoms with Crippen LogP contribution in [0.1, 0.15) is 23.7 Å². The van der Waals surface area contributed by atoms with Crippen LogP contribution >= 0.6 is 0 Å². The summed E-state index contributed by atoms with van der Waals surface area (Å²) in [5, 5.41) is 17.6. The van der Waals surface area contributed by atoms with Gasteiger partial charge in [0.15, 0.2) is 10.7 Å². The van der Waals surface area contributed by atoms with E-state index in [0.717, 1.165) is 6.20 Å². The number of aliphatic hydroxyl groups is 1. The maximum Gasteiger partial charge on any atom is 0.387 e. The van der Waals surface area contributed by atoms with Crippen molar-refractivity contribution in [3.05, 3.63) is 46.8 Å². The van der Waals surface area contributed by atoms with Gasteiger partial charge >= 0.3 is 12.2 Å². The number of aliphatic hydroxyl groups excluding tert-OH is 1. The van der Waals surface area contributed by atoms with Gasteiger partial charge in [-0.05, 0) is 31.2 Å². The van der Waals surface area contributed by atoms with E-state index < -0.39 is 5.97 Å². The van der Waals surface area contributed by atoms with Crippen LogP contribution < -0.4 is 4.90 Å². The van der Waals surface area contributed by atoms with E-state index in [-0.39, 0.29) is 18.7 Å². The van der Waals surface area contributed by atoms with Crippen molar-refractivity contribution in [3.8, 4) is 0 Å². The fraction of sp³-hybridized carbons (Fsp3) is 0.286. The number of amides is 1. The number of carbonyl (C=O) groups excluding carboxylic acids is 2. The molecule has 0 aliphatic heterocycles. The number of nitrogens with zero attached hydrogens (tertiary/aromatic N) is 3. The van der Waals surface area contributed by atoms with Crippen LogP contribution in [0.2, 0.25) is 0 Å². The maximum atomic E-state index is 11.5. The molecule has 1 aromatic rings. The molecule has 7 heteroatoms. The smallest absolute Gasteiger partial charge is 0.387 e. The Balaban J connectivity index is 2.74. The van der Waals surface area contributed by atoms with Crippen molar-refractivity contribution >= 4 is 18.1 Å². The first-order valence-electron chi connectivity index (χ1n) is 6.33. The number of hydrogen-bond donors (Lipinski definition) is 1. The molecule has 1 amide bonds. The standard InChI is InChI=1S/C14H15N3O4/c1-2-21-14(20)11-3-5-12(6-4-11)17(10-18)8-7-13(19)9-16-15/h3-6,9-10H,2,7-8H2,1H3/p+1. The molecular formula is C14H16N3O4+. The van der Waals surface area contributed by atoms with E-state index in [1.165, 1.54) is 4.90 Å². The van der Waals surface area contributed by atoms with E-state index in [1.807, 2.05) is 0 Å². The van der Waals surface area contributed by atoms with Crippen LogP contribution in [0.25, 0.3) is 4.98 Å². The highest BCUT2D eigenvalue weighted by atomic mass is 16.5. The van der Waals surface area contributed by atoms with Gasteiger partial charge in [-0.2, -0.15) is 0 Å². The Kier molecular flexibility index (Phi) is 6.41. The summed E-state index contributed by atoms with van der Waals surface area (Å²) in [6, 6.07) is 6.33. The Morgan fingerprint density at radius 2 is 2.10 bits per heavy atom. The molecule has 0 unspecified atom stereocenters. The fourth-order valence-corrected chi connectivity index (χ4v) is 1.61. The summed E-state index contributed by atoms with van der Waals surface area (Å²) in [5.74, 6) is -0.570. The zero-order valence-electron chi connectivity index (χ0n) is 11.6. The van der Waals surface area contributed by atoms with Gasteiger partial charge in [0.25, 0.3) is 0 Å². The lowest BCUT2D eigenvalue weighted by atomic mass is 10.2. The summed E-state index contributed by atoms with van der Waals surface area (Å²) in [5.41, 5.74) is 0.972. The average Bonchev–Trinajstić information content (AvgIpc) is 2.49. The Morgan fingerprint density at radius 1 is 1.43 bits per heavy atom. The van der Waals surface area contributed by atoms with Crippen LogP contribution in [0, 0.1) is 5.39 Å². The van der Waals surface area contributed by atoms with Crippen LogP contribution in [0.5, 0.6) is 0 Å². The molecule has 7 nitrogen and oxygen atoms in total. The Labute approximate surface area is 122 Å². The molecule has 1 rings (SSSR count). The van der Waals surface area contributed by atoms with E-state index in [4.69, 9.17) is 10.1 Å². The SMILES string of the molecule is CCOC(=O)c1ccc(N(C=O)CCC(O)=C[N+]#N)cc1. The van der Waals surface area contributed by atoms with E-state index in [2.05, 4.69) is 4.98 Å². The molecule has 0 radical (unpaired) electrons. The molecule has 21 heavy (non-hydrogen) atoms. The van der Waals surface area contributed by atoms with Crippen LogP contribution in [0.15, 0.2) is 36.2 Å². The minimum atomic E-state index is -0.424. The van der Waals surface area contributed by atoms with E-state index in [0.29, 0.717) is 24.3 Å². The highest BCUT2D eigenvalue weighted by Gasteiger charge is 2.10. The van der Waals surface area contributed by atoms with Crippen molar-refractivity contribution in [2.24, 2.45) is 0 Å². The van der Waals surface area contributed by atoms with Gasteiger partial charge in [-0.1, -0.05) is 0 Å². The molecule has 0 heterocycles. The first-order valence-corrected chi connectivity index (χ1v) is 6.33. The van der Waals surface area contributed by atoms with Crippen molar-refractivity contribution in [2.45, 2.75) is 13.3 Å². The molecule has 110 valence electrons. The number of carbonyl (C=O) groups is 2. The second-order valence-corrected chi connectivity index (χ2v) is 4.05. The molecule has 0 saturated carbocycles. The summed E-state index contributed by atoms with van der Waals surface area (Å²) >= 11 is 0. The zero-order valence-corrected chi connectivity index (χ0v) is 11.6. The predicted molar refractivity (Wildman–Crippen MR) is 76.2 cm³/mol. The topological polar surface area (TPSA) is 95.0 Å². The van der Waals surface area contributed by atoms with Gasteiger partial charge in [0, 0.05) is 18.7 Å². The van der Waals surface area contributed by atoms with Gasteiger partial charge in [-0.25, -0.2) is 4.79 Å². The summed E-state index contributed by atoms with van der Waals surface area (Å²) in [6.45, 7) is 2.22. The molecule has 1 N–H and O–H groups in total. The normalized spacial score (nSPS) is 10.6. The molecule has 1 aromatic carbocycles. The summed E-state index contributed by atoms with van der Waals surface area (Å²) < 4.78 is 4.86. The largest absolute Gasteiger partial charge is 0.505 e. The van der Waals surface area contributed by atoms with Crippen LogP contribution in [0.3, 0.4) is 0 Å². The summed E-state index contributed by atoms with van der Waals surface area (Å²) in [6.07, 6.45) is 1.65. The average molecular weight is 290 g/mol. The molecule has 0 fully saturated rings. The summed E-state index contributed by atoms with van der Waals surface area (Å²) in [7, 11) is 0. The lowest BCUT2D eigenvalue weighted by Gasteiger charge is -2.16. The lowest BCUT2D eigenvalue weighted by Crippen LogP contribution is -2.22. The lowest BCUT2D eigenvalue weighted by molar-refractivity contribution is -0.107. The minimum absolute atomic E-state index is 0.141. The monoisotopic (exact) mass is 290 g/mol. The number of esters is 1. The van der Waals surface area contributed by atoms with E-state index >= 15 is 0 Å². The first-order chi connectivity index (χ1) is 10.1. The van der Waals surface area contributed by atoms with E-state index in [9.17, 15) is 14.7 Å². The van der Waals surface area contributed by atoms with Crippen LogP contribution in [0.4, 0.5) is 5.69 Å². The molecule has 0 aliphatic rings. The highest BCUT2D eigenvalue weighted by Crippen LogP contribution is 2.16. The van der Waals surface area contributed by atoms with Crippen molar-refractivity contribution in [3.63, 3.8) is 0 Å². The van der Waals surface area contributed by atoms with E-state index in [1.54, 1.807) is 31.2 Å². The van der Waals surface area contributed by atoms with Crippen molar-refractivity contribution in [1.82, 2.24) is 0 Å². The van der Waals surface area contributed by atoms with Gasteiger partial charge in [0.2, 0.25) is 11.8 Å². The number of rotatable bonds is 7.